The molecule has 7 nitrogen and oxygen atoms in total. The number of rotatable bonds is 8. The van der Waals surface area contributed by atoms with Crippen molar-refractivity contribution in [3.63, 3.8) is 0 Å². The lowest BCUT2D eigenvalue weighted by Crippen LogP contribution is -2.44. The van der Waals surface area contributed by atoms with Crippen molar-refractivity contribution in [2.24, 2.45) is 4.99 Å². The van der Waals surface area contributed by atoms with Crippen molar-refractivity contribution in [3.05, 3.63) is 71.3 Å². The van der Waals surface area contributed by atoms with E-state index >= 15 is 0 Å². The molecule has 0 spiro atoms. The van der Waals surface area contributed by atoms with Gasteiger partial charge < -0.3 is 10.6 Å². The first-order valence-electron chi connectivity index (χ1n) is 10.6. The van der Waals surface area contributed by atoms with Gasteiger partial charge in [0.25, 0.3) is 0 Å². The minimum atomic E-state index is -3.29. The fourth-order valence-electron chi connectivity index (χ4n) is 3.94. The molecular formula is C23H33N5O2S. The van der Waals surface area contributed by atoms with Crippen LogP contribution in [-0.4, -0.2) is 52.0 Å². The van der Waals surface area contributed by atoms with Crippen molar-refractivity contribution < 1.29 is 8.42 Å². The van der Waals surface area contributed by atoms with E-state index in [1.165, 1.54) is 12.6 Å². The first-order valence-corrected chi connectivity index (χ1v) is 12.3. The van der Waals surface area contributed by atoms with Crippen LogP contribution in [0.15, 0.2) is 59.6 Å². The summed E-state index contributed by atoms with van der Waals surface area (Å²) < 4.78 is 25.9. The van der Waals surface area contributed by atoms with Crippen molar-refractivity contribution in [1.29, 1.82) is 0 Å². The molecule has 2 aromatic carbocycles. The molecule has 1 saturated heterocycles. The zero-order valence-corrected chi connectivity index (χ0v) is 19.3. The zero-order chi connectivity index (χ0) is 22.3. The molecule has 2 unspecified atom stereocenters. The maximum absolute atomic E-state index is 11.8. The Kier molecular flexibility index (Phi) is 8.06. The van der Waals surface area contributed by atoms with Crippen LogP contribution >= 0.6 is 0 Å². The maximum atomic E-state index is 11.8. The molecule has 3 rings (SSSR count). The van der Waals surface area contributed by atoms with Gasteiger partial charge in [0.2, 0.25) is 10.0 Å². The zero-order valence-electron chi connectivity index (χ0n) is 18.5. The molecule has 0 amide bonds. The fraction of sp³-hybridized carbons (Fsp3) is 0.435. The predicted octanol–water partition coefficient (Wildman–Crippen LogP) is 2.06. The van der Waals surface area contributed by atoms with Crippen LogP contribution in [0.2, 0.25) is 0 Å². The second-order valence-electron chi connectivity index (χ2n) is 8.05. The van der Waals surface area contributed by atoms with Crippen molar-refractivity contribution in [2.75, 3.05) is 20.6 Å². The van der Waals surface area contributed by atoms with Crippen LogP contribution in [0, 0.1) is 0 Å². The minimum Gasteiger partial charge on any atom is -0.352 e. The number of hydrogen-bond acceptors (Lipinski definition) is 4. The lowest BCUT2D eigenvalue weighted by atomic mass is 10.1. The number of aliphatic imine (C=N–C) groups is 1. The van der Waals surface area contributed by atoms with E-state index in [1.807, 2.05) is 30.3 Å². The molecule has 2 aromatic rings. The van der Waals surface area contributed by atoms with Gasteiger partial charge in [0, 0.05) is 38.8 Å². The highest BCUT2D eigenvalue weighted by molar-refractivity contribution is 7.88. The maximum Gasteiger partial charge on any atom is 0.215 e. The van der Waals surface area contributed by atoms with Crippen LogP contribution in [0.25, 0.3) is 0 Å². The molecule has 0 aliphatic carbocycles. The standard InChI is InChI=1S/C23H33N5O2S/c1-18-12-22(16-28(18)15-19-8-5-4-6-9-19)27-23(24-2)26-14-20-10-7-11-21(13-20)17-31(29,30)25-3/h4-11,13,18,22,25H,12,14-17H2,1-3H3,(H2,24,26,27). The van der Waals surface area contributed by atoms with Gasteiger partial charge in [-0.1, -0.05) is 54.6 Å². The number of likely N-dealkylation sites (tertiary alicyclic amines) is 1. The average Bonchev–Trinajstić information content (AvgIpc) is 3.10. The van der Waals surface area contributed by atoms with Crippen LogP contribution in [0.3, 0.4) is 0 Å². The van der Waals surface area contributed by atoms with Crippen molar-refractivity contribution >= 4 is 16.0 Å². The number of nitrogens with zero attached hydrogens (tertiary/aromatic N) is 2. The quantitative estimate of drug-likeness (QED) is 0.430. The third kappa shape index (κ3) is 7.05. The third-order valence-corrected chi connectivity index (χ3v) is 6.95. The highest BCUT2D eigenvalue weighted by atomic mass is 32.2. The highest BCUT2D eigenvalue weighted by Gasteiger charge is 2.29. The van der Waals surface area contributed by atoms with E-state index in [9.17, 15) is 8.42 Å². The highest BCUT2D eigenvalue weighted by Crippen LogP contribution is 2.20. The molecule has 3 N–H and O–H groups in total. The third-order valence-electron chi connectivity index (χ3n) is 5.62. The molecule has 8 heteroatoms. The van der Waals surface area contributed by atoms with Gasteiger partial charge in [-0.05, 0) is 37.1 Å². The summed E-state index contributed by atoms with van der Waals surface area (Å²) in [6.45, 7) is 4.76. The van der Waals surface area contributed by atoms with E-state index in [-0.39, 0.29) is 5.75 Å². The molecule has 0 saturated carbocycles. The fourth-order valence-corrected chi connectivity index (χ4v) is 4.70. The monoisotopic (exact) mass is 443 g/mol. The lowest BCUT2D eigenvalue weighted by molar-refractivity contribution is 0.258. The van der Waals surface area contributed by atoms with Crippen LogP contribution in [0.1, 0.15) is 30.0 Å². The Hall–Kier alpha value is -2.42. The summed E-state index contributed by atoms with van der Waals surface area (Å²) in [5.74, 6) is 0.730. The Morgan fingerprint density at radius 3 is 2.52 bits per heavy atom. The molecule has 2 atom stereocenters. The van der Waals surface area contributed by atoms with Gasteiger partial charge in [-0.25, -0.2) is 13.1 Å². The smallest absolute Gasteiger partial charge is 0.215 e. The summed E-state index contributed by atoms with van der Waals surface area (Å²) in [5.41, 5.74) is 3.10. The van der Waals surface area contributed by atoms with Gasteiger partial charge in [-0.2, -0.15) is 0 Å². The van der Waals surface area contributed by atoms with Crippen LogP contribution in [0.5, 0.6) is 0 Å². The Bertz CT molecular complexity index is 978. The number of guanidine groups is 1. The lowest BCUT2D eigenvalue weighted by Gasteiger charge is -2.21. The van der Waals surface area contributed by atoms with Crippen LogP contribution < -0.4 is 15.4 Å². The summed E-state index contributed by atoms with van der Waals surface area (Å²) in [6, 6.07) is 19.0. The van der Waals surface area contributed by atoms with Crippen molar-refractivity contribution in [2.45, 2.75) is 44.3 Å². The first-order chi connectivity index (χ1) is 14.9. The first kappa shape index (κ1) is 23.2. The Morgan fingerprint density at radius 2 is 1.81 bits per heavy atom. The van der Waals surface area contributed by atoms with Gasteiger partial charge in [-0.15, -0.1) is 0 Å². The summed E-state index contributed by atoms with van der Waals surface area (Å²) in [7, 11) is -0.0843. The van der Waals surface area contributed by atoms with E-state index < -0.39 is 10.0 Å². The van der Waals surface area contributed by atoms with Gasteiger partial charge in [-0.3, -0.25) is 9.89 Å². The normalized spacial score (nSPS) is 20.0. The molecule has 1 fully saturated rings. The predicted molar refractivity (Wildman–Crippen MR) is 126 cm³/mol. The van der Waals surface area contributed by atoms with Gasteiger partial charge in [0.15, 0.2) is 5.96 Å². The number of nitrogens with one attached hydrogen (secondary N) is 3. The van der Waals surface area contributed by atoms with Crippen molar-refractivity contribution in [3.8, 4) is 0 Å². The van der Waals surface area contributed by atoms with Crippen LogP contribution in [0.4, 0.5) is 0 Å². The molecule has 0 radical (unpaired) electrons. The largest absolute Gasteiger partial charge is 0.352 e. The second-order valence-corrected chi connectivity index (χ2v) is 9.98. The van der Waals surface area contributed by atoms with Gasteiger partial charge >= 0.3 is 0 Å². The molecular weight excluding hydrogens is 410 g/mol. The summed E-state index contributed by atoms with van der Waals surface area (Å²) in [5, 5.41) is 6.89. The van der Waals surface area contributed by atoms with E-state index in [0.717, 1.165) is 36.6 Å². The molecule has 31 heavy (non-hydrogen) atoms. The molecule has 168 valence electrons. The van der Waals surface area contributed by atoms with E-state index in [1.54, 1.807) is 7.05 Å². The molecule has 0 bridgehead atoms. The molecule has 1 heterocycles. The Balaban J connectivity index is 1.52. The minimum absolute atomic E-state index is 0.0263. The van der Waals surface area contributed by atoms with Gasteiger partial charge in [0.1, 0.15) is 0 Å². The van der Waals surface area contributed by atoms with E-state index in [2.05, 4.69) is 56.4 Å². The van der Waals surface area contributed by atoms with Gasteiger partial charge in [0.05, 0.1) is 5.75 Å². The summed E-state index contributed by atoms with van der Waals surface area (Å²) in [6.07, 6.45) is 1.06. The SMILES string of the molecule is CN=C(NCc1cccc(CS(=O)(=O)NC)c1)NC1CC(C)N(Cc2ccccc2)C1. The average molecular weight is 444 g/mol. The Labute approximate surface area is 186 Å². The molecule has 1 aliphatic rings. The van der Waals surface area contributed by atoms with Crippen molar-refractivity contribution in [1.82, 2.24) is 20.3 Å². The molecule has 1 aliphatic heterocycles. The van der Waals surface area contributed by atoms with E-state index in [4.69, 9.17) is 0 Å². The number of benzene rings is 2. The number of sulfonamides is 1. The van der Waals surface area contributed by atoms with E-state index in [0.29, 0.717) is 18.6 Å². The summed E-state index contributed by atoms with van der Waals surface area (Å²) >= 11 is 0. The summed E-state index contributed by atoms with van der Waals surface area (Å²) in [4.78, 5) is 6.86. The second kappa shape index (κ2) is 10.7. The number of hydrogen-bond donors (Lipinski definition) is 3. The topological polar surface area (TPSA) is 85.8 Å². The van der Waals surface area contributed by atoms with Crippen LogP contribution in [-0.2, 0) is 28.9 Å². The molecule has 0 aromatic heterocycles. The Morgan fingerprint density at radius 1 is 1.10 bits per heavy atom.